The molecule has 0 aliphatic heterocycles. The summed E-state index contributed by atoms with van der Waals surface area (Å²) in [4.78, 5) is 24.4. The molecule has 0 heterocycles. The fourth-order valence-electron chi connectivity index (χ4n) is 1.32. The minimum atomic E-state index is -0.519. The number of likely N-dealkylation sites (N-methyl/N-ethyl adjacent to an activating group) is 1. The Balaban J connectivity index is 4.30. The Labute approximate surface area is 96.9 Å². The van der Waals surface area contributed by atoms with Crippen LogP contribution in [0.4, 0.5) is 0 Å². The molecule has 0 aliphatic rings. The van der Waals surface area contributed by atoms with Gasteiger partial charge in [0, 0.05) is 13.6 Å². The second kappa shape index (κ2) is 6.48. The zero-order chi connectivity index (χ0) is 12.9. The predicted molar refractivity (Wildman–Crippen MR) is 61.6 cm³/mol. The number of rotatable bonds is 5. The molecule has 2 atom stereocenters. The molecule has 16 heavy (non-hydrogen) atoms. The highest BCUT2D eigenvalue weighted by Gasteiger charge is 2.24. The van der Waals surface area contributed by atoms with Gasteiger partial charge in [-0.2, -0.15) is 0 Å². The predicted octanol–water partition coefficient (Wildman–Crippen LogP) is 0.237. The summed E-state index contributed by atoms with van der Waals surface area (Å²) in [6, 6.07) is -0.519. The van der Waals surface area contributed by atoms with Gasteiger partial charge in [0.15, 0.2) is 0 Å². The maximum absolute atomic E-state index is 11.8. The first-order valence-corrected chi connectivity index (χ1v) is 5.39. The summed E-state index contributed by atoms with van der Waals surface area (Å²) in [6.45, 7) is 5.82. The van der Waals surface area contributed by atoms with Crippen molar-refractivity contribution in [3.05, 3.63) is 0 Å². The number of amides is 1. The van der Waals surface area contributed by atoms with Crippen molar-refractivity contribution in [1.29, 1.82) is 0 Å². The molecule has 0 saturated carbocycles. The third-order valence-corrected chi connectivity index (χ3v) is 2.53. The molecular weight excluding hydrogens is 208 g/mol. The highest BCUT2D eigenvalue weighted by Crippen LogP contribution is 2.06. The third-order valence-electron chi connectivity index (χ3n) is 2.53. The molecule has 0 aromatic rings. The fourth-order valence-corrected chi connectivity index (χ4v) is 1.32. The molecule has 94 valence electrons. The van der Waals surface area contributed by atoms with Crippen LogP contribution in [0.1, 0.15) is 20.8 Å². The quantitative estimate of drug-likeness (QED) is 0.687. The Hall–Kier alpha value is -1.10. The lowest BCUT2D eigenvalue weighted by atomic mass is 10.0. The van der Waals surface area contributed by atoms with Crippen molar-refractivity contribution in [2.45, 2.75) is 26.8 Å². The van der Waals surface area contributed by atoms with Crippen LogP contribution in [0.5, 0.6) is 0 Å². The van der Waals surface area contributed by atoms with E-state index in [1.54, 1.807) is 14.0 Å². The van der Waals surface area contributed by atoms with Crippen molar-refractivity contribution >= 4 is 11.9 Å². The van der Waals surface area contributed by atoms with E-state index in [1.165, 1.54) is 12.0 Å². The van der Waals surface area contributed by atoms with Gasteiger partial charge in [-0.05, 0) is 5.92 Å². The standard InChI is InChI=1S/C11H22N2O3/c1-7(2)9(12)10(14)13(4)6-8(3)11(15)16-5/h7-9H,6,12H2,1-5H3/t8?,9-/m0/s1. The smallest absolute Gasteiger partial charge is 0.310 e. The highest BCUT2D eigenvalue weighted by molar-refractivity contribution is 5.82. The van der Waals surface area contributed by atoms with Gasteiger partial charge in [0.25, 0.3) is 0 Å². The summed E-state index contributed by atoms with van der Waals surface area (Å²) in [5, 5.41) is 0. The summed E-state index contributed by atoms with van der Waals surface area (Å²) in [5.41, 5.74) is 5.74. The lowest BCUT2D eigenvalue weighted by Gasteiger charge is -2.25. The van der Waals surface area contributed by atoms with Gasteiger partial charge in [-0.1, -0.05) is 20.8 Å². The van der Waals surface area contributed by atoms with Crippen molar-refractivity contribution in [2.24, 2.45) is 17.6 Å². The summed E-state index contributed by atoms with van der Waals surface area (Å²) in [6.07, 6.45) is 0. The Morgan fingerprint density at radius 2 is 1.81 bits per heavy atom. The van der Waals surface area contributed by atoms with E-state index in [9.17, 15) is 9.59 Å². The van der Waals surface area contributed by atoms with Crippen molar-refractivity contribution in [3.63, 3.8) is 0 Å². The zero-order valence-corrected chi connectivity index (χ0v) is 10.7. The van der Waals surface area contributed by atoms with Crippen LogP contribution in [0, 0.1) is 11.8 Å². The number of hydrogen-bond acceptors (Lipinski definition) is 4. The van der Waals surface area contributed by atoms with Gasteiger partial charge in [-0.15, -0.1) is 0 Å². The minimum Gasteiger partial charge on any atom is -0.469 e. The normalized spacial score (nSPS) is 14.4. The summed E-state index contributed by atoms with van der Waals surface area (Å²) in [7, 11) is 2.98. The number of esters is 1. The van der Waals surface area contributed by atoms with E-state index >= 15 is 0 Å². The number of hydrogen-bond donors (Lipinski definition) is 1. The van der Waals surface area contributed by atoms with Gasteiger partial charge in [-0.25, -0.2) is 0 Å². The van der Waals surface area contributed by atoms with Crippen LogP contribution >= 0.6 is 0 Å². The lowest BCUT2D eigenvalue weighted by Crippen LogP contribution is -2.46. The van der Waals surface area contributed by atoms with Crippen LogP contribution in [-0.4, -0.2) is 43.5 Å². The molecule has 5 heteroatoms. The monoisotopic (exact) mass is 230 g/mol. The number of carbonyl (C=O) groups is 2. The molecule has 0 fully saturated rings. The maximum Gasteiger partial charge on any atom is 0.310 e. The average Bonchev–Trinajstić information content (AvgIpc) is 2.25. The second-order valence-electron chi connectivity index (χ2n) is 4.41. The van der Waals surface area contributed by atoms with Crippen molar-refractivity contribution in [2.75, 3.05) is 20.7 Å². The molecule has 0 rings (SSSR count). The van der Waals surface area contributed by atoms with E-state index in [4.69, 9.17) is 5.73 Å². The third kappa shape index (κ3) is 4.18. The molecule has 1 unspecified atom stereocenters. The first-order chi connectivity index (χ1) is 7.31. The molecule has 0 aromatic carbocycles. The largest absolute Gasteiger partial charge is 0.469 e. The number of methoxy groups -OCH3 is 1. The van der Waals surface area contributed by atoms with Gasteiger partial charge in [0.05, 0.1) is 19.1 Å². The molecule has 5 nitrogen and oxygen atoms in total. The number of nitrogens with two attached hydrogens (primary N) is 1. The van der Waals surface area contributed by atoms with E-state index in [-0.39, 0.29) is 23.7 Å². The molecule has 0 aromatic heterocycles. The SMILES string of the molecule is COC(=O)C(C)CN(C)C(=O)[C@@H](N)C(C)C. The Kier molecular flexibility index (Phi) is 6.03. The number of nitrogens with zero attached hydrogens (tertiary/aromatic N) is 1. The van der Waals surface area contributed by atoms with Gasteiger partial charge < -0.3 is 15.4 Å². The highest BCUT2D eigenvalue weighted by atomic mass is 16.5. The Morgan fingerprint density at radius 1 is 1.31 bits per heavy atom. The molecule has 1 amide bonds. The molecule has 0 bridgehead atoms. The number of carbonyl (C=O) groups excluding carboxylic acids is 2. The molecule has 0 radical (unpaired) electrons. The van der Waals surface area contributed by atoms with Crippen molar-refractivity contribution < 1.29 is 14.3 Å². The van der Waals surface area contributed by atoms with Crippen molar-refractivity contribution in [3.8, 4) is 0 Å². The first-order valence-electron chi connectivity index (χ1n) is 5.39. The summed E-state index contributed by atoms with van der Waals surface area (Å²) in [5.74, 6) is -0.717. The average molecular weight is 230 g/mol. The summed E-state index contributed by atoms with van der Waals surface area (Å²) >= 11 is 0. The zero-order valence-electron chi connectivity index (χ0n) is 10.7. The molecule has 0 saturated heterocycles. The van der Waals surface area contributed by atoms with E-state index in [2.05, 4.69) is 4.74 Å². The molecule has 2 N–H and O–H groups in total. The molecular formula is C11H22N2O3. The van der Waals surface area contributed by atoms with Crippen LogP contribution in [0.15, 0.2) is 0 Å². The van der Waals surface area contributed by atoms with Gasteiger partial charge >= 0.3 is 5.97 Å². The van der Waals surface area contributed by atoms with Gasteiger partial charge in [0.1, 0.15) is 0 Å². The lowest BCUT2D eigenvalue weighted by molar-refractivity contribution is -0.146. The van der Waals surface area contributed by atoms with Crippen molar-refractivity contribution in [1.82, 2.24) is 4.90 Å². The van der Waals surface area contributed by atoms with E-state index in [0.717, 1.165) is 0 Å². The Morgan fingerprint density at radius 3 is 2.19 bits per heavy atom. The number of ether oxygens (including phenoxy) is 1. The van der Waals surface area contributed by atoms with Gasteiger partial charge in [-0.3, -0.25) is 9.59 Å². The second-order valence-corrected chi connectivity index (χ2v) is 4.41. The van der Waals surface area contributed by atoms with E-state index in [1.807, 2.05) is 13.8 Å². The topological polar surface area (TPSA) is 72.6 Å². The van der Waals surface area contributed by atoms with E-state index in [0.29, 0.717) is 6.54 Å². The van der Waals surface area contributed by atoms with Crippen LogP contribution in [0.3, 0.4) is 0 Å². The van der Waals surface area contributed by atoms with Crippen LogP contribution in [0.2, 0.25) is 0 Å². The minimum absolute atomic E-state index is 0.0865. The fraction of sp³-hybridized carbons (Fsp3) is 0.818. The first kappa shape index (κ1) is 14.9. The van der Waals surface area contributed by atoms with Gasteiger partial charge in [0.2, 0.25) is 5.91 Å². The maximum atomic E-state index is 11.8. The Bertz CT molecular complexity index is 254. The van der Waals surface area contributed by atoms with Crippen LogP contribution in [-0.2, 0) is 14.3 Å². The van der Waals surface area contributed by atoms with Crippen LogP contribution < -0.4 is 5.73 Å². The van der Waals surface area contributed by atoms with Crippen LogP contribution in [0.25, 0.3) is 0 Å². The molecule has 0 spiro atoms. The summed E-state index contributed by atoms with van der Waals surface area (Å²) < 4.78 is 4.59. The molecule has 0 aliphatic carbocycles. The van der Waals surface area contributed by atoms with E-state index < -0.39 is 6.04 Å².